The van der Waals surface area contributed by atoms with Crippen LogP contribution in [0.15, 0.2) is 53.3 Å². The van der Waals surface area contributed by atoms with Crippen LogP contribution in [-0.4, -0.2) is 10.9 Å². The van der Waals surface area contributed by atoms with Crippen LogP contribution in [0.25, 0.3) is 22.0 Å². The summed E-state index contributed by atoms with van der Waals surface area (Å²) in [4.78, 5) is 24.7. The van der Waals surface area contributed by atoms with Crippen LogP contribution < -0.4 is 5.56 Å². The molecular formula is C19H16FNO2. The normalized spacial score (nSPS) is 11.1. The Balaban J connectivity index is 2.52. The lowest BCUT2D eigenvalue weighted by atomic mass is 9.99. The number of rotatable bonds is 3. The lowest BCUT2D eigenvalue weighted by molar-refractivity contribution is 0.112. The van der Waals surface area contributed by atoms with E-state index in [0.29, 0.717) is 27.6 Å². The van der Waals surface area contributed by atoms with Gasteiger partial charge in [0.1, 0.15) is 5.82 Å². The number of halogens is 1. The molecule has 0 aliphatic heterocycles. The average molecular weight is 309 g/mol. The topological polar surface area (TPSA) is 39.1 Å². The zero-order valence-corrected chi connectivity index (χ0v) is 12.9. The monoisotopic (exact) mass is 309 g/mol. The van der Waals surface area contributed by atoms with E-state index in [1.54, 1.807) is 41.0 Å². The second-order valence-electron chi connectivity index (χ2n) is 5.70. The Bertz CT molecular complexity index is 940. The van der Waals surface area contributed by atoms with E-state index < -0.39 is 0 Å². The summed E-state index contributed by atoms with van der Waals surface area (Å²) in [6.07, 6.45) is 0.763. The first-order valence-corrected chi connectivity index (χ1v) is 7.43. The van der Waals surface area contributed by atoms with Crippen molar-refractivity contribution in [3.63, 3.8) is 0 Å². The number of benzene rings is 2. The molecule has 1 aromatic heterocycles. The third kappa shape index (κ3) is 2.46. The molecule has 0 bridgehead atoms. The predicted molar refractivity (Wildman–Crippen MR) is 89.4 cm³/mol. The minimum absolute atomic E-state index is 0.133. The Morgan fingerprint density at radius 1 is 1.00 bits per heavy atom. The highest BCUT2D eigenvalue weighted by molar-refractivity contribution is 6.03. The Hall–Kier alpha value is -2.75. The van der Waals surface area contributed by atoms with Crippen molar-refractivity contribution < 1.29 is 9.18 Å². The van der Waals surface area contributed by atoms with Gasteiger partial charge in [-0.15, -0.1) is 0 Å². The molecule has 2 aromatic carbocycles. The first-order valence-electron chi connectivity index (χ1n) is 7.43. The third-order valence-corrected chi connectivity index (χ3v) is 3.91. The minimum atomic E-state index is -0.361. The van der Waals surface area contributed by atoms with Crippen LogP contribution in [0.1, 0.15) is 30.2 Å². The standard InChI is InChI=1S/C19H16FNO2/c1-12(2)21-18(13-7-9-14(20)10-8-13)17(11-22)15-5-3-4-6-16(15)19(21)23/h3-12H,1-2H3. The van der Waals surface area contributed by atoms with Crippen molar-refractivity contribution >= 4 is 17.1 Å². The molecule has 0 aliphatic carbocycles. The number of aromatic nitrogens is 1. The summed E-state index contributed by atoms with van der Waals surface area (Å²) in [5.74, 6) is -0.361. The van der Waals surface area contributed by atoms with E-state index in [1.165, 1.54) is 12.1 Å². The third-order valence-electron chi connectivity index (χ3n) is 3.91. The molecular weight excluding hydrogens is 293 g/mol. The molecule has 0 radical (unpaired) electrons. The highest BCUT2D eigenvalue weighted by atomic mass is 19.1. The molecule has 0 atom stereocenters. The van der Waals surface area contributed by atoms with Gasteiger partial charge < -0.3 is 4.57 Å². The van der Waals surface area contributed by atoms with Crippen molar-refractivity contribution in [2.24, 2.45) is 0 Å². The number of fused-ring (bicyclic) bond motifs is 1. The Morgan fingerprint density at radius 2 is 1.61 bits per heavy atom. The average Bonchev–Trinajstić information content (AvgIpc) is 2.55. The van der Waals surface area contributed by atoms with E-state index in [0.717, 1.165) is 6.29 Å². The van der Waals surface area contributed by atoms with Gasteiger partial charge in [0.15, 0.2) is 6.29 Å². The van der Waals surface area contributed by atoms with Gasteiger partial charge >= 0.3 is 0 Å². The van der Waals surface area contributed by atoms with Gasteiger partial charge in [-0.05, 0) is 55.1 Å². The number of carbonyl (C=O) groups excluding carboxylic acids is 1. The maximum atomic E-state index is 13.2. The zero-order valence-electron chi connectivity index (χ0n) is 12.9. The van der Waals surface area contributed by atoms with Crippen LogP contribution in [0.5, 0.6) is 0 Å². The predicted octanol–water partition coefficient (Wildman–Crippen LogP) is 4.20. The summed E-state index contributed by atoms with van der Waals surface area (Å²) in [6, 6.07) is 12.8. The van der Waals surface area contributed by atoms with E-state index in [9.17, 15) is 14.0 Å². The summed E-state index contributed by atoms with van der Waals surface area (Å²) in [7, 11) is 0. The van der Waals surface area contributed by atoms with Crippen LogP contribution in [0.3, 0.4) is 0 Å². The SMILES string of the molecule is CC(C)n1c(-c2ccc(F)cc2)c(C=O)c2ccccc2c1=O. The molecule has 116 valence electrons. The number of nitrogens with zero attached hydrogens (tertiary/aromatic N) is 1. The molecule has 3 rings (SSSR count). The molecule has 0 saturated heterocycles. The second-order valence-corrected chi connectivity index (χ2v) is 5.70. The summed E-state index contributed by atoms with van der Waals surface area (Å²) >= 11 is 0. The van der Waals surface area contributed by atoms with Gasteiger partial charge in [-0.3, -0.25) is 9.59 Å². The second kappa shape index (κ2) is 5.80. The fourth-order valence-corrected chi connectivity index (χ4v) is 2.91. The van der Waals surface area contributed by atoms with Crippen molar-refractivity contribution in [1.29, 1.82) is 0 Å². The summed E-state index contributed by atoms with van der Waals surface area (Å²) in [5.41, 5.74) is 1.46. The molecule has 0 spiro atoms. The van der Waals surface area contributed by atoms with Crippen molar-refractivity contribution in [2.75, 3.05) is 0 Å². The highest BCUT2D eigenvalue weighted by Gasteiger charge is 2.19. The van der Waals surface area contributed by atoms with E-state index in [-0.39, 0.29) is 17.4 Å². The number of carbonyl (C=O) groups is 1. The molecule has 0 fully saturated rings. The summed E-state index contributed by atoms with van der Waals surface area (Å²) in [5, 5.41) is 1.12. The van der Waals surface area contributed by atoms with Crippen LogP contribution >= 0.6 is 0 Å². The van der Waals surface area contributed by atoms with Crippen molar-refractivity contribution in [1.82, 2.24) is 4.57 Å². The molecule has 0 unspecified atom stereocenters. The number of pyridine rings is 1. The lowest BCUT2D eigenvalue weighted by Crippen LogP contribution is -2.25. The quantitative estimate of drug-likeness (QED) is 0.680. The maximum Gasteiger partial charge on any atom is 0.259 e. The van der Waals surface area contributed by atoms with Crippen molar-refractivity contribution in [2.45, 2.75) is 19.9 Å². The van der Waals surface area contributed by atoms with Crippen molar-refractivity contribution in [3.05, 3.63) is 70.3 Å². The highest BCUT2D eigenvalue weighted by Crippen LogP contribution is 2.29. The molecule has 0 N–H and O–H groups in total. The van der Waals surface area contributed by atoms with E-state index in [2.05, 4.69) is 0 Å². The molecule has 1 heterocycles. The number of aldehydes is 1. The van der Waals surface area contributed by atoms with E-state index in [4.69, 9.17) is 0 Å². The molecule has 0 aliphatic rings. The first-order chi connectivity index (χ1) is 11.0. The van der Waals surface area contributed by atoms with Crippen LogP contribution in [0, 0.1) is 5.82 Å². The fourth-order valence-electron chi connectivity index (χ4n) is 2.91. The smallest absolute Gasteiger partial charge is 0.259 e. The van der Waals surface area contributed by atoms with Gasteiger partial charge in [-0.25, -0.2) is 4.39 Å². The maximum absolute atomic E-state index is 13.2. The Labute approximate surface area is 133 Å². The minimum Gasteiger partial charge on any atom is -0.304 e. The van der Waals surface area contributed by atoms with E-state index >= 15 is 0 Å². The summed E-state index contributed by atoms with van der Waals surface area (Å²) in [6.45, 7) is 3.77. The van der Waals surface area contributed by atoms with Crippen LogP contribution in [0.2, 0.25) is 0 Å². The van der Waals surface area contributed by atoms with Gasteiger partial charge in [0.05, 0.1) is 5.69 Å². The van der Waals surface area contributed by atoms with Crippen molar-refractivity contribution in [3.8, 4) is 11.3 Å². The van der Waals surface area contributed by atoms with Crippen LogP contribution in [0.4, 0.5) is 4.39 Å². The van der Waals surface area contributed by atoms with Gasteiger partial charge in [0, 0.05) is 17.0 Å². The van der Waals surface area contributed by atoms with Gasteiger partial charge in [0.25, 0.3) is 5.56 Å². The first kappa shape index (κ1) is 15.2. The number of hydrogen-bond donors (Lipinski definition) is 0. The van der Waals surface area contributed by atoms with Crippen LogP contribution in [-0.2, 0) is 0 Å². The fraction of sp³-hybridized carbons (Fsp3) is 0.158. The molecule has 3 aromatic rings. The van der Waals surface area contributed by atoms with Gasteiger partial charge in [-0.1, -0.05) is 18.2 Å². The Morgan fingerprint density at radius 3 is 2.17 bits per heavy atom. The summed E-state index contributed by atoms with van der Waals surface area (Å²) < 4.78 is 14.8. The molecule has 0 saturated carbocycles. The number of hydrogen-bond acceptors (Lipinski definition) is 2. The zero-order chi connectivity index (χ0) is 16.6. The molecule has 4 heteroatoms. The van der Waals surface area contributed by atoms with Gasteiger partial charge in [0.2, 0.25) is 0 Å². The molecule has 23 heavy (non-hydrogen) atoms. The molecule has 3 nitrogen and oxygen atoms in total. The van der Waals surface area contributed by atoms with E-state index in [1.807, 2.05) is 13.8 Å². The van der Waals surface area contributed by atoms with Gasteiger partial charge in [-0.2, -0.15) is 0 Å². The lowest BCUT2D eigenvalue weighted by Gasteiger charge is -2.20. The molecule has 0 amide bonds. The largest absolute Gasteiger partial charge is 0.304 e. The Kier molecular flexibility index (Phi) is 3.82.